The predicted molar refractivity (Wildman–Crippen MR) is 106 cm³/mol. The molecule has 0 radical (unpaired) electrons. The van der Waals surface area contributed by atoms with Gasteiger partial charge < -0.3 is 0 Å². The molecule has 6 nitrogen and oxygen atoms in total. The standard InChI is InChI=1S/C20H25FN4O2S/c1-20(2,3)28(26,27)25-16-9-7-14(8-10-16)18-17(21)19(24-23-18)15-6-4-5-13(11-15)12-22/h4-6,11,14,16,25H,7-10H2,1-3H3,(H,23,24)/t14-,16-. The number of nitrogens with zero attached hydrogens (tertiary/aromatic N) is 2. The lowest BCUT2D eigenvalue weighted by molar-refractivity contribution is 0.360. The predicted octanol–water partition coefficient (Wildman–Crippen LogP) is 3.83. The molecule has 0 amide bonds. The number of halogens is 1. The van der Waals surface area contributed by atoms with Gasteiger partial charge in [0.25, 0.3) is 0 Å². The highest BCUT2D eigenvalue weighted by Gasteiger charge is 2.34. The van der Waals surface area contributed by atoms with Crippen LogP contribution >= 0.6 is 0 Å². The van der Waals surface area contributed by atoms with Crippen LogP contribution in [0.4, 0.5) is 4.39 Å². The summed E-state index contributed by atoms with van der Waals surface area (Å²) < 4.78 is 41.6. The van der Waals surface area contributed by atoms with Crippen molar-refractivity contribution in [2.24, 2.45) is 0 Å². The number of benzene rings is 1. The molecule has 2 aromatic rings. The monoisotopic (exact) mass is 404 g/mol. The fraction of sp³-hybridized carbons (Fsp3) is 0.500. The summed E-state index contributed by atoms with van der Waals surface area (Å²) >= 11 is 0. The van der Waals surface area contributed by atoms with Crippen LogP contribution in [0.3, 0.4) is 0 Å². The first-order chi connectivity index (χ1) is 13.1. The van der Waals surface area contributed by atoms with E-state index in [4.69, 9.17) is 5.26 Å². The molecule has 1 saturated carbocycles. The Morgan fingerprint density at radius 2 is 1.93 bits per heavy atom. The highest BCUT2D eigenvalue weighted by molar-refractivity contribution is 7.90. The Morgan fingerprint density at radius 1 is 1.25 bits per heavy atom. The van der Waals surface area contributed by atoms with Crippen LogP contribution in [0, 0.1) is 17.1 Å². The van der Waals surface area contributed by atoms with Crippen LogP contribution in [0.25, 0.3) is 11.3 Å². The quantitative estimate of drug-likeness (QED) is 0.809. The van der Waals surface area contributed by atoms with E-state index >= 15 is 0 Å². The number of aromatic amines is 1. The fourth-order valence-electron chi connectivity index (χ4n) is 3.44. The molecular formula is C20H25FN4O2S. The van der Waals surface area contributed by atoms with E-state index in [-0.39, 0.29) is 17.7 Å². The van der Waals surface area contributed by atoms with Gasteiger partial charge >= 0.3 is 0 Å². The van der Waals surface area contributed by atoms with Gasteiger partial charge in [-0.05, 0) is 58.6 Å². The Balaban J connectivity index is 1.70. The Hall–Kier alpha value is -2.24. The van der Waals surface area contributed by atoms with Crippen molar-refractivity contribution in [1.82, 2.24) is 14.9 Å². The molecule has 1 aromatic carbocycles. The lowest BCUT2D eigenvalue weighted by atomic mass is 9.84. The number of hydrogen-bond donors (Lipinski definition) is 2. The summed E-state index contributed by atoms with van der Waals surface area (Å²) in [5.74, 6) is -0.426. The molecule has 150 valence electrons. The summed E-state index contributed by atoms with van der Waals surface area (Å²) in [6.45, 7) is 5.01. The van der Waals surface area contributed by atoms with E-state index in [0.29, 0.717) is 42.5 Å². The van der Waals surface area contributed by atoms with Crippen LogP contribution in [0.1, 0.15) is 63.6 Å². The van der Waals surface area contributed by atoms with Crippen molar-refractivity contribution < 1.29 is 12.8 Å². The van der Waals surface area contributed by atoms with Crippen LogP contribution in [0.15, 0.2) is 24.3 Å². The van der Waals surface area contributed by atoms with Gasteiger partial charge in [-0.15, -0.1) is 0 Å². The minimum Gasteiger partial charge on any atom is -0.279 e. The summed E-state index contributed by atoms with van der Waals surface area (Å²) in [7, 11) is -3.40. The van der Waals surface area contributed by atoms with Crippen molar-refractivity contribution >= 4 is 10.0 Å². The minimum atomic E-state index is -3.40. The first kappa shape index (κ1) is 20.5. The summed E-state index contributed by atoms with van der Waals surface area (Å²) in [5, 5.41) is 16.0. The van der Waals surface area contributed by atoms with E-state index in [0.717, 1.165) is 0 Å². The Labute approximate surface area is 165 Å². The number of nitrogens with one attached hydrogen (secondary N) is 2. The topological polar surface area (TPSA) is 98.6 Å². The van der Waals surface area contributed by atoms with Gasteiger partial charge in [-0.2, -0.15) is 10.4 Å². The number of hydrogen-bond acceptors (Lipinski definition) is 4. The average Bonchev–Trinajstić information content (AvgIpc) is 3.02. The number of nitriles is 1. The molecule has 0 spiro atoms. The molecule has 1 heterocycles. The van der Waals surface area contributed by atoms with Gasteiger partial charge in [0, 0.05) is 17.5 Å². The maximum atomic E-state index is 15.0. The van der Waals surface area contributed by atoms with E-state index < -0.39 is 20.6 Å². The van der Waals surface area contributed by atoms with Crippen molar-refractivity contribution in [1.29, 1.82) is 5.26 Å². The minimum absolute atomic E-state index is 0.0317. The van der Waals surface area contributed by atoms with Gasteiger partial charge in [0.15, 0.2) is 5.82 Å². The smallest absolute Gasteiger partial charge is 0.216 e. The zero-order valence-electron chi connectivity index (χ0n) is 16.3. The second kappa shape index (κ2) is 7.64. The molecule has 3 rings (SSSR count). The molecular weight excluding hydrogens is 379 g/mol. The highest BCUT2D eigenvalue weighted by atomic mass is 32.2. The van der Waals surface area contributed by atoms with Crippen molar-refractivity contribution in [3.63, 3.8) is 0 Å². The zero-order valence-corrected chi connectivity index (χ0v) is 17.1. The Kier molecular flexibility index (Phi) is 5.60. The summed E-state index contributed by atoms with van der Waals surface area (Å²) in [6, 6.07) is 8.62. The number of aromatic nitrogens is 2. The van der Waals surface area contributed by atoms with Crippen LogP contribution in [-0.2, 0) is 10.0 Å². The molecule has 1 aliphatic carbocycles. The van der Waals surface area contributed by atoms with Gasteiger partial charge in [-0.3, -0.25) is 5.10 Å². The molecule has 8 heteroatoms. The summed E-state index contributed by atoms with van der Waals surface area (Å²) in [5.41, 5.74) is 1.68. The van der Waals surface area contributed by atoms with Crippen LogP contribution in [0.5, 0.6) is 0 Å². The van der Waals surface area contributed by atoms with Crippen molar-refractivity contribution in [3.05, 3.63) is 41.3 Å². The largest absolute Gasteiger partial charge is 0.279 e. The maximum Gasteiger partial charge on any atom is 0.216 e. The molecule has 1 fully saturated rings. The van der Waals surface area contributed by atoms with Crippen LogP contribution in [-0.4, -0.2) is 29.4 Å². The number of sulfonamides is 1. The van der Waals surface area contributed by atoms with E-state index in [1.165, 1.54) is 0 Å². The normalized spacial score (nSPS) is 20.7. The molecule has 0 aliphatic heterocycles. The average molecular weight is 405 g/mol. The Morgan fingerprint density at radius 3 is 2.54 bits per heavy atom. The fourth-order valence-corrected chi connectivity index (χ4v) is 4.46. The van der Waals surface area contributed by atoms with Gasteiger partial charge in [-0.1, -0.05) is 12.1 Å². The second-order valence-corrected chi connectivity index (χ2v) is 10.7. The van der Waals surface area contributed by atoms with E-state index in [2.05, 4.69) is 14.9 Å². The van der Waals surface area contributed by atoms with Gasteiger partial charge in [-0.25, -0.2) is 17.5 Å². The van der Waals surface area contributed by atoms with E-state index in [9.17, 15) is 12.8 Å². The van der Waals surface area contributed by atoms with Crippen molar-refractivity contribution in [2.45, 2.75) is 63.2 Å². The van der Waals surface area contributed by atoms with Gasteiger partial charge in [0.1, 0.15) is 5.69 Å². The van der Waals surface area contributed by atoms with Crippen molar-refractivity contribution in [3.8, 4) is 17.3 Å². The lowest BCUT2D eigenvalue weighted by Crippen LogP contribution is -2.45. The highest BCUT2D eigenvalue weighted by Crippen LogP contribution is 2.36. The third-order valence-electron chi connectivity index (χ3n) is 5.26. The van der Waals surface area contributed by atoms with Crippen LogP contribution in [0.2, 0.25) is 0 Å². The molecule has 1 aromatic heterocycles. The van der Waals surface area contributed by atoms with Crippen LogP contribution < -0.4 is 4.72 Å². The maximum absolute atomic E-state index is 15.0. The molecule has 1 aliphatic rings. The first-order valence-electron chi connectivity index (χ1n) is 9.38. The molecule has 0 unspecified atom stereocenters. The van der Waals surface area contributed by atoms with Crippen molar-refractivity contribution in [2.75, 3.05) is 0 Å². The second-order valence-electron chi connectivity index (χ2n) is 8.27. The SMILES string of the molecule is CC(C)(C)S(=O)(=O)N[C@H]1CC[C@H](c2[nH]nc(-c3cccc(C#N)c3)c2F)CC1. The zero-order chi connectivity index (χ0) is 20.5. The molecule has 0 saturated heterocycles. The molecule has 2 N–H and O–H groups in total. The third kappa shape index (κ3) is 4.10. The van der Waals surface area contributed by atoms with Gasteiger partial charge in [0.05, 0.1) is 22.1 Å². The molecule has 0 atom stereocenters. The number of rotatable bonds is 4. The van der Waals surface area contributed by atoms with E-state index in [1.54, 1.807) is 45.0 Å². The first-order valence-corrected chi connectivity index (χ1v) is 10.9. The molecule has 28 heavy (non-hydrogen) atoms. The summed E-state index contributed by atoms with van der Waals surface area (Å²) in [6.07, 6.45) is 2.65. The van der Waals surface area contributed by atoms with Gasteiger partial charge in [0.2, 0.25) is 10.0 Å². The summed E-state index contributed by atoms with van der Waals surface area (Å²) in [4.78, 5) is 0. The van der Waals surface area contributed by atoms with E-state index in [1.807, 2.05) is 6.07 Å². The lowest BCUT2D eigenvalue weighted by Gasteiger charge is -2.30. The third-order valence-corrected chi connectivity index (χ3v) is 7.52. The molecule has 0 bridgehead atoms. The Bertz CT molecular complexity index is 994. The number of H-pyrrole nitrogens is 1.